The van der Waals surface area contributed by atoms with Gasteiger partial charge in [-0.25, -0.2) is 0 Å². The fourth-order valence-electron chi connectivity index (χ4n) is 3.75. The van der Waals surface area contributed by atoms with Crippen LogP contribution in [0.25, 0.3) is 11.6 Å². The van der Waals surface area contributed by atoms with Crippen molar-refractivity contribution in [2.45, 2.75) is 20.0 Å². The van der Waals surface area contributed by atoms with Crippen molar-refractivity contribution in [2.24, 2.45) is 0 Å². The van der Waals surface area contributed by atoms with Gasteiger partial charge in [-0.15, -0.1) is 0 Å². The molecule has 1 aliphatic heterocycles. The van der Waals surface area contributed by atoms with Crippen LogP contribution in [0.3, 0.4) is 0 Å². The maximum Gasteiger partial charge on any atom is 0.258 e. The van der Waals surface area contributed by atoms with Gasteiger partial charge in [0.25, 0.3) is 5.91 Å². The molecule has 0 aromatic heterocycles. The second-order valence-corrected chi connectivity index (χ2v) is 8.19. The predicted molar refractivity (Wildman–Crippen MR) is 128 cm³/mol. The van der Waals surface area contributed by atoms with Gasteiger partial charge in [-0.2, -0.15) is 0 Å². The summed E-state index contributed by atoms with van der Waals surface area (Å²) >= 11 is 3.62. The Morgan fingerprint density at radius 1 is 1.03 bits per heavy atom. The van der Waals surface area contributed by atoms with Crippen molar-refractivity contribution >= 4 is 39.2 Å². The van der Waals surface area contributed by atoms with E-state index in [0.717, 1.165) is 33.3 Å². The number of anilines is 1. The highest BCUT2D eigenvalue weighted by molar-refractivity contribution is 9.10. The molecule has 1 amide bonds. The fraction of sp³-hybridized carbons (Fsp3) is 0.192. The molecular weight excluding hydrogens is 454 g/mol. The molecule has 3 aromatic rings. The maximum absolute atomic E-state index is 13.1. The zero-order valence-corrected chi connectivity index (χ0v) is 19.2. The molecule has 0 radical (unpaired) electrons. The molecule has 0 bridgehead atoms. The molecule has 4 rings (SSSR count). The van der Waals surface area contributed by atoms with E-state index in [2.05, 4.69) is 22.9 Å². The van der Waals surface area contributed by atoms with E-state index in [1.807, 2.05) is 77.7 Å². The quantitative estimate of drug-likeness (QED) is 0.373. The fourth-order valence-corrected chi connectivity index (χ4v) is 4.33. The molecule has 0 fully saturated rings. The van der Waals surface area contributed by atoms with Crippen LogP contribution in [0.1, 0.15) is 30.0 Å². The van der Waals surface area contributed by atoms with Crippen molar-refractivity contribution in [1.29, 1.82) is 0 Å². The van der Waals surface area contributed by atoms with Gasteiger partial charge in [0.05, 0.1) is 17.3 Å². The molecule has 0 unspecified atom stereocenters. The highest BCUT2D eigenvalue weighted by Crippen LogP contribution is 2.41. The van der Waals surface area contributed by atoms with Crippen molar-refractivity contribution in [3.63, 3.8) is 0 Å². The van der Waals surface area contributed by atoms with Crippen LogP contribution in [-0.4, -0.2) is 19.6 Å². The monoisotopic (exact) mass is 477 g/mol. The SMILES string of the molecule is CCCN1C(=O)/C(=C\c2cc(Br)c(OCc3ccccc3)c(OC)c2)c2ccccc21. The van der Waals surface area contributed by atoms with Crippen LogP contribution >= 0.6 is 15.9 Å². The molecule has 0 saturated carbocycles. The normalized spacial score (nSPS) is 14.1. The number of benzene rings is 3. The summed E-state index contributed by atoms with van der Waals surface area (Å²) in [5, 5.41) is 0. The topological polar surface area (TPSA) is 38.8 Å². The third kappa shape index (κ3) is 4.37. The molecule has 0 N–H and O–H groups in total. The van der Waals surface area contributed by atoms with Gasteiger partial charge >= 0.3 is 0 Å². The largest absolute Gasteiger partial charge is 0.493 e. The highest BCUT2D eigenvalue weighted by Gasteiger charge is 2.31. The number of nitrogens with zero attached hydrogens (tertiary/aromatic N) is 1. The first-order chi connectivity index (χ1) is 15.1. The summed E-state index contributed by atoms with van der Waals surface area (Å²) in [6.07, 6.45) is 2.82. The van der Waals surface area contributed by atoms with Crippen LogP contribution in [-0.2, 0) is 11.4 Å². The van der Waals surface area contributed by atoms with Crippen molar-refractivity contribution < 1.29 is 14.3 Å². The number of carbonyl (C=O) groups is 1. The Bertz CT molecular complexity index is 1120. The summed E-state index contributed by atoms with van der Waals surface area (Å²) in [6, 6.07) is 21.8. The van der Waals surface area contributed by atoms with Crippen molar-refractivity contribution in [1.82, 2.24) is 0 Å². The number of methoxy groups -OCH3 is 1. The summed E-state index contributed by atoms with van der Waals surface area (Å²) < 4.78 is 12.4. The van der Waals surface area contributed by atoms with E-state index in [1.54, 1.807) is 7.11 Å². The average Bonchev–Trinajstić information content (AvgIpc) is 3.05. The summed E-state index contributed by atoms with van der Waals surface area (Å²) in [4.78, 5) is 15.0. The summed E-state index contributed by atoms with van der Waals surface area (Å²) in [7, 11) is 1.62. The lowest BCUT2D eigenvalue weighted by Gasteiger charge is -2.15. The smallest absolute Gasteiger partial charge is 0.258 e. The Hall–Kier alpha value is -3.05. The number of para-hydroxylation sites is 1. The van der Waals surface area contributed by atoms with Gasteiger partial charge in [0.1, 0.15) is 6.61 Å². The second kappa shape index (κ2) is 9.40. The number of amides is 1. The predicted octanol–water partition coefficient (Wildman–Crippen LogP) is 6.33. The van der Waals surface area contributed by atoms with E-state index in [0.29, 0.717) is 30.2 Å². The van der Waals surface area contributed by atoms with Crippen molar-refractivity contribution in [3.05, 3.63) is 87.9 Å². The molecule has 0 atom stereocenters. The van der Waals surface area contributed by atoms with E-state index in [4.69, 9.17) is 9.47 Å². The van der Waals surface area contributed by atoms with Crippen LogP contribution in [0, 0.1) is 0 Å². The average molecular weight is 478 g/mol. The molecule has 0 aliphatic carbocycles. The molecule has 31 heavy (non-hydrogen) atoms. The van der Waals surface area contributed by atoms with E-state index in [9.17, 15) is 4.79 Å². The van der Waals surface area contributed by atoms with Crippen LogP contribution < -0.4 is 14.4 Å². The Balaban J connectivity index is 1.67. The van der Waals surface area contributed by atoms with E-state index < -0.39 is 0 Å². The molecule has 4 nitrogen and oxygen atoms in total. The second-order valence-electron chi connectivity index (χ2n) is 7.34. The molecule has 0 saturated heterocycles. The minimum Gasteiger partial charge on any atom is -0.493 e. The summed E-state index contributed by atoms with van der Waals surface area (Å²) in [5.41, 5.74) is 4.56. The summed E-state index contributed by atoms with van der Waals surface area (Å²) in [6.45, 7) is 3.22. The van der Waals surface area contributed by atoms with Gasteiger partial charge in [-0.1, -0.05) is 55.5 Å². The lowest BCUT2D eigenvalue weighted by atomic mass is 10.0. The molecule has 1 heterocycles. The number of halogens is 1. The summed E-state index contributed by atoms with van der Waals surface area (Å²) in [5.74, 6) is 1.28. The molecular formula is C26H24BrNO3. The first kappa shape index (κ1) is 21.2. The number of rotatable bonds is 7. The van der Waals surface area contributed by atoms with Crippen molar-refractivity contribution in [3.8, 4) is 11.5 Å². The van der Waals surface area contributed by atoms with Gasteiger partial charge in [0.2, 0.25) is 0 Å². The van der Waals surface area contributed by atoms with E-state index in [1.165, 1.54) is 0 Å². The Morgan fingerprint density at radius 3 is 2.52 bits per heavy atom. The van der Waals surface area contributed by atoms with Gasteiger partial charge < -0.3 is 14.4 Å². The van der Waals surface area contributed by atoms with Gasteiger partial charge in [0.15, 0.2) is 11.5 Å². The van der Waals surface area contributed by atoms with Gasteiger partial charge in [-0.05, 0) is 57.8 Å². The Morgan fingerprint density at radius 2 is 1.77 bits per heavy atom. The van der Waals surface area contributed by atoms with E-state index >= 15 is 0 Å². The minimum atomic E-state index is 0.0301. The lowest BCUT2D eigenvalue weighted by molar-refractivity contribution is -0.113. The van der Waals surface area contributed by atoms with Crippen molar-refractivity contribution in [2.75, 3.05) is 18.6 Å². The standard InChI is InChI=1S/C26H24BrNO3/c1-3-13-28-23-12-8-7-11-20(23)21(26(28)29)14-19-15-22(27)25(24(16-19)30-2)31-17-18-9-5-4-6-10-18/h4-12,14-16H,3,13,17H2,1-2H3/b21-14-. The third-order valence-electron chi connectivity index (χ3n) is 5.20. The minimum absolute atomic E-state index is 0.0301. The number of hydrogen-bond donors (Lipinski definition) is 0. The van der Waals surface area contributed by atoms with Gasteiger partial charge in [-0.3, -0.25) is 4.79 Å². The Kier molecular flexibility index (Phi) is 6.42. The number of hydrogen-bond acceptors (Lipinski definition) is 3. The maximum atomic E-state index is 13.1. The first-order valence-corrected chi connectivity index (χ1v) is 11.1. The zero-order chi connectivity index (χ0) is 21.8. The van der Waals surface area contributed by atoms with Crippen LogP contribution in [0.4, 0.5) is 5.69 Å². The lowest BCUT2D eigenvalue weighted by Crippen LogP contribution is -2.26. The number of carbonyl (C=O) groups excluding carboxylic acids is 1. The van der Waals surface area contributed by atoms with Crippen LogP contribution in [0.5, 0.6) is 11.5 Å². The molecule has 5 heteroatoms. The molecule has 1 aliphatic rings. The van der Waals surface area contributed by atoms with Crippen LogP contribution in [0.2, 0.25) is 0 Å². The van der Waals surface area contributed by atoms with Gasteiger partial charge in [0, 0.05) is 17.7 Å². The Labute approximate surface area is 191 Å². The van der Waals surface area contributed by atoms with E-state index in [-0.39, 0.29) is 5.91 Å². The number of fused-ring (bicyclic) bond motifs is 1. The highest BCUT2D eigenvalue weighted by atomic mass is 79.9. The molecule has 0 spiro atoms. The first-order valence-electron chi connectivity index (χ1n) is 10.3. The zero-order valence-electron chi connectivity index (χ0n) is 17.6. The van der Waals surface area contributed by atoms with Crippen LogP contribution in [0.15, 0.2) is 71.2 Å². The number of ether oxygens (including phenoxy) is 2. The molecule has 3 aromatic carbocycles. The third-order valence-corrected chi connectivity index (χ3v) is 5.79. The molecule has 158 valence electrons.